The monoisotopic (exact) mass is 318 g/mol. The minimum Gasteiger partial charge on any atom is -0.263 e. The van der Waals surface area contributed by atoms with Gasteiger partial charge in [-0.15, -0.1) is 0 Å². The number of halogens is 1. The van der Waals surface area contributed by atoms with Crippen LogP contribution in [0.15, 0.2) is 29.4 Å². The van der Waals surface area contributed by atoms with Crippen LogP contribution in [-0.4, -0.2) is 24.3 Å². The van der Waals surface area contributed by atoms with Crippen LogP contribution >= 0.6 is 15.9 Å². The van der Waals surface area contributed by atoms with Gasteiger partial charge >= 0.3 is 0 Å². The van der Waals surface area contributed by atoms with E-state index < -0.39 is 10.0 Å². The Hall–Kier alpha value is -0.460. The summed E-state index contributed by atoms with van der Waals surface area (Å²) in [5, 5.41) is 0. The highest BCUT2D eigenvalue weighted by atomic mass is 79.9. The lowest BCUT2D eigenvalue weighted by atomic mass is 9.96. The molecule has 0 radical (unpaired) electrons. The van der Waals surface area contributed by atoms with Gasteiger partial charge in [0.1, 0.15) is 4.90 Å². The van der Waals surface area contributed by atoms with Crippen molar-refractivity contribution in [3.8, 4) is 0 Å². The Labute approximate surface area is 110 Å². The molecule has 0 atom stereocenters. The smallest absolute Gasteiger partial charge is 0.242 e. The highest BCUT2D eigenvalue weighted by molar-refractivity contribution is 9.09. The summed E-state index contributed by atoms with van der Waals surface area (Å²) in [5.74, 6) is 0. The van der Waals surface area contributed by atoms with E-state index in [4.69, 9.17) is 0 Å². The number of pyridine rings is 1. The Morgan fingerprint density at radius 2 is 2.00 bits per heavy atom. The van der Waals surface area contributed by atoms with Gasteiger partial charge < -0.3 is 0 Å². The molecular weight excluding hydrogens is 304 g/mol. The maximum atomic E-state index is 12.0. The average Bonchev–Trinajstić information content (AvgIpc) is 2.33. The third-order valence-electron chi connectivity index (χ3n) is 2.92. The van der Waals surface area contributed by atoms with Gasteiger partial charge in [-0.25, -0.2) is 13.1 Å². The average molecular weight is 319 g/mol. The molecule has 0 spiro atoms. The second-order valence-corrected chi connectivity index (χ2v) is 7.27. The van der Waals surface area contributed by atoms with Crippen LogP contribution in [-0.2, 0) is 10.0 Å². The zero-order chi connectivity index (χ0) is 12.3. The van der Waals surface area contributed by atoms with Gasteiger partial charge in [0, 0.05) is 23.3 Å². The molecule has 0 aromatic carbocycles. The van der Waals surface area contributed by atoms with Gasteiger partial charge in [0.25, 0.3) is 0 Å². The van der Waals surface area contributed by atoms with Crippen LogP contribution in [0.1, 0.15) is 25.7 Å². The van der Waals surface area contributed by atoms with Crippen LogP contribution in [0, 0.1) is 0 Å². The van der Waals surface area contributed by atoms with Crippen LogP contribution in [0.25, 0.3) is 0 Å². The van der Waals surface area contributed by atoms with Crippen molar-refractivity contribution in [1.82, 2.24) is 9.71 Å². The molecule has 2 rings (SSSR count). The first-order chi connectivity index (χ1) is 8.08. The van der Waals surface area contributed by atoms with E-state index in [9.17, 15) is 8.42 Å². The fourth-order valence-electron chi connectivity index (χ4n) is 1.96. The molecular formula is C11H15BrN2O2S. The fraction of sp³-hybridized carbons (Fsp3) is 0.545. The van der Waals surface area contributed by atoms with E-state index in [0.29, 0.717) is 4.83 Å². The summed E-state index contributed by atoms with van der Waals surface area (Å²) in [6.45, 7) is 0. The van der Waals surface area contributed by atoms with E-state index in [0.717, 1.165) is 25.7 Å². The van der Waals surface area contributed by atoms with Crippen molar-refractivity contribution >= 4 is 26.0 Å². The van der Waals surface area contributed by atoms with E-state index in [1.807, 2.05) is 0 Å². The maximum Gasteiger partial charge on any atom is 0.242 e. The van der Waals surface area contributed by atoms with Gasteiger partial charge in [0.05, 0.1) is 0 Å². The van der Waals surface area contributed by atoms with Gasteiger partial charge in [-0.3, -0.25) is 4.98 Å². The summed E-state index contributed by atoms with van der Waals surface area (Å²) in [7, 11) is -3.41. The lowest BCUT2D eigenvalue weighted by Gasteiger charge is -2.25. The highest BCUT2D eigenvalue weighted by Gasteiger charge is 2.24. The molecule has 4 nitrogen and oxygen atoms in total. The number of hydrogen-bond donors (Lipinski definition) is 1. The Morgan fingerprint density at radius 3 is 2.59 bits per heavy atom. The van der Waals surface area contributed by atoms with Crippen molar-refractivity contribution in [2.45, 2.75) is 41.4 Å². The third kappa shape index (κ3) is 3.50. The number of nitrogens with zero attached hydrogens (tertiary/aromatic N) is 1. The summed E-state index contributed by atoms with van der Waals surface area (Å²) in [4.78, 5) is 4.60. The summed E-state index contributed by atoms with van der Waals surface area (Å²) in [6.07, 6.45) is 6.73. The Bertz CT molecular complexity index is 456. The Morgan fingerprint density at radius 1 is 1.29 bits per heavy atom. The number of rotatable bonds is 3. The topological polar surface area (TPSA) is 59.1 Å². The molecule has 94 valence electrons. The SMILES string of the molecule is O=S(=O)(NC1CCC(Br)CC1)c1cccnc1. The lowest BCUT2D eigenvalue weighted by Crippen LogP contribution is -2.37. The molecule has 17 heavy (non-hydrogen) atoms. The van der Waals surface area contributed by atoms with E-state index in [-0.39, 0.29) is 10.9 Å². The van der Waals surface area contributed by atoms with Crippen LogP contribution in [0.2, 0.25) is 0 Å². The minimum atomic E-state index is -3.41. The maximum absolute atomic E-state index is 12.0. The predicted octanol–water partition coefficient (Wildman–Crippen LogP) is 2.07. The van der Waals surface area contributed by atoms with Crippen molar-refractivity contribution in [2.24, 2.45) is 0 Å². The van der Waals surface area contributed by atoms with Crippen LogP contribution in [0.4, 0.5) is 0 Å². The lowest BCUT2D eigenvalue weighted by molar-refractivity contribution is 0.422. The molecule has 1 aromatic rings. The van der Waals surface area contributed by atoms with Gasteiger partial charge in [0.15, 0.2) is 0 Å². The van der Waals surface area contributed by atoms with Crippen molar-refractivity contribution in [3.63, 3.8) is 0 Å². The number of nitrogens with one attached hydrogen (secondary N) is 1. The molecule has 1 fully saturated rings. The molecule has 1 N–H and O–H groups in total. The van der Waals surface area contributed by atoms with Gasteiger partial charge in [-0.05, 0) is 37.8 Å². The second-order valence-electron chi connectivity index (χ2n) is 4.26. The quantitative estimate of drug-likeness (QED) is 0.868. The molecule has 0 unspecified atom stereocenters. The van der Waals surface area contributed by atoms with E-state index in [2.05, 4.69) is 25.6 Å². The first-order valence-corrected chi connectivity index (χ1v) is 8.04. The predicted molar refractivity (Wildman–Crippen MR) is 69.5 cm³/mol. The molecule has 1 saturated carbocycles. The van der Waals surface area contributed by atoms with E-state index in [1.165, 1.54) is 6.20 Å². The molecule has 0 saturated heterocycles. The number of aromatic nitrogens is 1. The molecule has 1 aliphatic carbocycles. The van der Waals surface area contributed by atoms with Gasteiger partial charge in [-0.2, -0.15) is 0 Å². The van der Waals surface area contributed by atoms with E-state index in [1.54, 1.807) is 18.3 Å². The van der Waals surface area contributed by atoms with Crippen LogP contribution in [0.3, 0.4) is 0 Å². The van der Waals surface area contributed by atoms with Crippen molar-refractivity contribution in [3.05, 3.63) is 24.5 Å². The van der Waals surface area contributed by atoms with Gasteiger partial charge in [-0.1, -0.05) is 15.9 Å². The normalized spacial score (nSPS) is 25.7. The van der Waals surface area contributed by atoms with E-state index >= 15 is 0 Å². The Kier molecular flexibility index (Phi) is 4.17. The van der Waals surface area contributed by atoms with Crippen molar-refractivity contribution in [1.29, 1.82) is 0 Å². The zero-order valence-corrected chi connectivity index (χ0v) is 11.7. The molecule has 6 heteroatoms. The summed E-state index contributed by atoms with van der Waals surface area (Å²) >= 11 is 3.55. The molecule has 1 aromatic heterocycles. The fourth-order valence-corrected chi connectivity index (χ4v) is 3.76. The molecule has 0 bridgehead atoms. The minimum absolute atomic E-state index is 0.0500. The van der Waals surface area contributed by atoms with Gasteiger partial charge in [0.2, 0.25) is 10.0 Å². The standard InChI is InChI=1S/C11H15BrN2O2S/c12-9-3-5-10(6-4-9)14-17(15,16)11-2-1-7-13-8-11/h1-2,7-10,14H,3-6H2. The van der Waals surface area contributed by atoms with Crippen molar-refractivity contribution in [2.75, 3.05) is 0 Å². The first kappa shape index (κ1) is 13.0. The second kappa shape index (κ2) is 5.46. The summed E-state index contributed by atoms with van der Waals surface area (Å²) in [5.41, 5.74) is 0. The largest absolute Gasteiger partial charge is 0.263 e. The zero-order valence-electron chi connectivity index (χ0n) is 9.34. The molecule has 0 amide bonds. The van der Waals surface area contributed by atoms with Crippen molar-refractivity contribution < 1.29 is 8.42 Å². The Balaban J connectivity index is 2.03. The summed E-state index contributed by atoms with van der Waals surface area (Å²) < 4.78 is 26.8. The molecule has 1 aliphatic rings. The molecule has 1 heterocycles. The third-order valence-corrected chi connectivity index (χ3v) is 5.34. The number of sulfonamides is 1. The van der Waals surface area contributed by atoms with Crippen LogP contribution in [0.5, 0.6) is 0 Å². The number of alkyl halides is 1. The van der Waals surface area contributed by atoms with Crippen LogP contribution < -0.4 is 4.72 Å². The first-order valence-electron chi connectivity index (χ1n) is 5.64. The summed E-state index contributed by atoms with van der Waals surface area (Å²) in [6, 6.07) is 3.24. The molecule has 0 aliphatic heterocycles. The number of hydrogen-bond acceptors (Lipinski definition) is 3. The highest BCUT2D eigenvalue weighted by Crippen LogP contribution is 2.25.